The highest BCUT2D eigenvalue weighted by molar-refractivity contribution is 5.71. The molecular formula is C9H15NO2. The van der Waals surface area contributed by atoms with E-state index in [9.17, 15) is 4.79 Å². The van der Waals surface area contributed by atoms with Crippen molar-refractivity contribution >= 4 is 5.97 Å². The van der Waals surface area contributed by atoms with E-state index in [1.807, 2.05) is 0 Å². The third kappa shape index (κ3) is 1.04. The van der Waals surface area contributed by atoms with Crippen LogP contribution in [-0.4, -0.2) is 24.2 Å². The minimum absolute atomic E-state index is 0.125. The first kappa shape index (κ1) is 8.05. The highest BCUT2D eigenvalue weighted by Gasteiger charge is 2.48. The minimum Gasteiger partial charge on any atom is -0.481 e. The number of aliphatic carboxylic acids is 1. The van der Waals surface area contributed by atoms with Crippen LogP contribution in [0, 0.1) is 11.3 Å². The van der Waals surface area contributed by atoms with E-state index in [0.717, 1.165) is 25.8 Å². The quantitative estimate of drug-likeness (QED) is 0.612. The number of piperidine rings is 1. The van der Waals surface area contributed by atoms with E-state index in [2.05, 4.69) is 5.32 Å². The molecular weight excluding hydrogens is 154 g/mol. The van der Waals surface area contributed by atoms with E-state index in [4.69, 9.17) is 5.11 Å². The number of hydrogen-bond acceptors (Lipinski definition) is 2. The largest absolute Gasteiger partial charge is 0.481 e. The van der Waals surface area contributed by atoms with Crippen molar-refractivity contribution in [1.82, 2.24) is 5.32 Å². The number of rotatable bonds is 1. The van der Waals surface area contributed by atoms with Gasteiger partial charge in [-0.25, -0.2) is 0 Å². The van der Waals surface area contributed by atoms with Crippen LogP contribution in [0.25, 0.3) is 0 Å². The minimum atomic E-state index is -0.609. The van der Waals surface area contributed by atoms with Gasteiger partial charge in [-0.05, 0) is 31.2 Å². The van der Waals surface area contributed by atoms with Gasteiger partial charge in [-0.2, -0.15) is 0 Å². The molecule has 0 aromatic rings. The normalized spacial score (nSPS) is 32.8. The molecule has 1 heterocycles. The molecule has 2 N–H and O–H groups in total. The van der Waals surface area contributed by atoms with E-state index < -0.39 is 5.97 Å². The molecule has 0 aromatic carbocycles. The number of hydrogen-bond donors (Lipinski definition) is 2. The third-order valence-electron chi connectivity index (χ3n) is 3.53. The molecule has 0 radical (unpaired) electrons. The van der Waals surface area contributed by atoms with Gasteiger partial charge in [-0.15, -0.1) is 0 Å². The Kier molecular flexibility index (Phi) is 1.83. The average molecular weight is 169 g/mol. The van der Waals surface area contributed by atoms with Gasteiger partial charge in [0.15, 0.2) is 0 Å². The van der Waals surface area contributed by atoms with Gasteiger partial charge in [-0.3, -0.25) is 4.79 Å². The molecule has 2 rings (SSSR count). The molecule has 2 aliphatic rings. The number of carbonyl (C=O) groups is 1. The first-order chi connectivity index (χ1) is 5.75. The van der Waals surface area contributed by atoms with Crippen LogP contribution in [0.15, 0.2) is 0 Å². The van der Waals surface area contributed by atoms with Crippen molar-refractivity contribution in [2.45, 2.75) is 25.7 Å². The summed E-state index contributed by atoms with van der Waals surface area (Å²) in [5, 5.41) is 12.2. The Morgan fingerprint density at radius 2 is 2.17 bits per heavy atom. The molecule has 0 aromatic heterocycles. The summed E-state index contributed by atoms with van der Waals surface area (Å²) in [6, 6.07) is 0. The summed E-state index contributed by atoms with van der Waals surface area (Å²) in [6.45, 7) is 1.68. The molecule has 2 fully saturated rings. The van der Waals surface area contributed by atoms with Gasteiger partial charge >= 0.3 is 5.97 Å². The van der Waals surface area contributed by atoms with Crippen LogP contribution in [0.3, 0.4) is 0 Å². The lowest BCUT2D eigenvalue weighted by atomic mass is 9.58. The predicted molar refractivity (Wildman–Crippen MR) is 44.9 cm³/mol. The molecule has 1 aliphatic heterocycles. The van der Waals surface area contributed by atoms with Crippen LogP contribution in [0.1, 0.15) is 25.7 Å². The lowest BCUT2D eigenvalue weighted by molar-refractivity contribution is -0.151. The summed E-state index contributed by atoms with van der Waals surface area (Å²) in [7, 11) is 0. The fourth-order valence-corrected chi connectivity index (χ4v) is 2.55. The van der Waals surface area contributed by atoms with Crippen molar-refractivity contribution in [2.75, 3.05) is 13.1 Å². The maximum Gasteiger partial charge on any atom is 0.308 e. The zero-order chi connectivity index (χ0) is 8.60. The number of carboxylic acids is 1. The summed E-state index contributed by atoms with van der Waals surface area (Å²) in [5.41, 5.74) is 0.178. The SMILES string of the molecule is O=C(O)C1CNCCC12CCC2. The molecule has 0 amide bonds. The lowest BCUT2D eigenvalue weighted by Gasteiger charge is -2.49. The van der Waals surface area contributed by atoms with Gasteiger partial charge in [0, 0.05) is 6.54 Å². The van der Waals surface area contributed by atoms with Crippen molar-refractivity contribution in [1.29, 1.82) is 0 Å². The second-order valence-corrected chi connectivity index (χ2v) is 4.06. The molecule has 12 heavy (non-hydrogen) atoms. The van der Waals surface area contributed by atoms with Crippen molar-refractivity contribution < 1.29 is 9.90 Å². The Bertz CT molecular complexity index is 199. The first-order valence-electron chi connectivity index (χ1n) is 4.68. The molecule has 1 unspecified atom stereocenters. The summed E-state index contributed by atoms with van der Waals surface area (Å²) < 4.78 is 0. The van der Waals surface area contributed by atoms with Crippen LogP contribution in [-0.2, 0) is 4.79 Å². The van der Waals surface area contributed by atoms with Crippen molar-refractivity contribution in [3.05, 3.63) is 0 Å². The van der Waals surface area contributed by atoms with E-state index >= 15 is 0 Å². The smallest absolute Gasteiger partial charge is 0.308 e. The number of nitrogens with one attached hydrogen (secondary N) is 1. The average Bonchev–Trinajstić information content (AvgIpc) is 2.01. The Morgan fingerprint density at radius 1 is 1.42 bits per heavy atom. The fourth-order valence-electron chi connectivity index (χ4n) is 2.55. The summed E-state index contributed by atoms with van der Waals surface area (Å²) in [5.74, 6) is -0.734. The Labute approximate surface area is 72.2 Å². The molecule has 68 valence electrons. The van der Waals surface area contributed by atoms with E-state index in [0.29, 0.717) is 6.54 Å². The predicted octanol–water partition coefficient (Wildman–Crippen LogP) is 0.851. The second-order valence-electron chi connectivity index (χ2n) is 4.06. The molecule has 0 bridgehead atoms. The Morgan fingerprint density at radius 3 is 2.58 bits per heavy atom. The van der Waals surface area contributed by atoms with Gasteiger partial charge in [0.05, 0.1) is 5.92 Å². The Balaban J connectivity index is 2.11. The molecule has 1 aliphatic carbocycles. The van der Waals surface area contributed by atoms with Crippen LogP contribution in [0.4, 0.5) is 0 Å². The van der Waals surface area contributed by atoms with Crippen LogP contribution < -0.4 is 5.32 Å². The van der Waals surface area contributed by atoms with Gasteiger partial charge < -0.3 is 10.4 Å². The summed E-state index contributed by atoms with van der Waals surface area (Å²) in [4.78, 5) is 10.9. The van der Waals surface area contributed by atoms with Crippen molar-refractivity contribution in [3.63, 3.8) is 0 Å². The monoisotopic (exact) mass is 169 g/mol. The zero-order valence-electron chi connectivity index (χ0n) is 7.18. The topological polar surface area (TPSA) is 49.3 Å². The summed E-state index contributed by atoms with van der Waals surface area (Å²) in [6.07, 6.45) is 4.55. The van der Waals surface area contributed by atoms with Gasteiger partial charge in [0.1, 0.15) is 0 Å². The van der Waals surface area contributed by atoms with E-state index in [1.165, 1.54) is 6.42 Å². The second kappa shape index (κ2) is 2.73. The summed E-state index contributed by atoms with van der Waals surface area (Å²) >= 11 is 0. The van der Waals surface area contributed by atoms with Crippen LogP contribution >= 0.6 is 0 Å². The molecule has 1 saturated heterocycles. The van der Waals surface area contributed by atoms with E-state index in [-0.39, 0.29) is 11.3 Å². The molecule has 1 saturated carbocycles. The maximum atomic E-state index is 10.9. The molecule has 1 spiro atoms. The first-order valence-corrected chi connectivity index (χ1v) is 4.68. The van der Waals surface area contributed by atoms with Gasteiger partial charge in [0.25, 0.3) is 0 Å². The molecule has 1 atom stereocenters. The van der Waals surface area contributed by atoms with Crippen molar-refractivity contribution in [2.24, 2.45) is 11.3 Å². The maximum absolute atomic E-state index is 10.9. The molecule has 3 nitrogen and oxygen atoms in total. The molecule has 3 heteroatoms. The zero-order valence-corrected chi connectivity index (χ0v) is 7.18. The highest BCUT2D eigenvalue weighted by Crippen LogP contribution is 2.50. The van der Waals surface area contributed by atoms with Gasteiger partial charge in [-0.1, -0.05) is 6.42 Å². The van der Waals surface area contributed by atoms with Gasteiger partial charge in [0.2, 0.25) is 0 Å². The Hall–Kier alpha value is -0.570. The lowest BCUT2D eigenvalue weighted by Crippen LogP contribution is -2.52. The standard InChI is InChI=1S/C9H15NO2/c11-8(12)7-6-10-5-4-9(7)2-1-3-9/h7,10H,1-6H2,(H,11,12). The van der Waals surface area contributed by atoms with Crippen LogP contribution in [0.5, 0.6) is 0 Å². The number of carboxylic acid groups (broad SMARTS) is 1. The highest BCUT2D eigenvalue weighted by atomic mass is 16.4. The van der Waals surface area contributed by atoms with Crippen LogP contribution in [0.2, 0.25) is 0 Å². The van der Waals surface area contributed by atoms with Crippen molar-refractivity contribution in [3.8, 4) is 0 Å². The third-order valence-corrected chi connectivity index (χ3v) is 3.53. The van der Waals surface area contributed by atoms with E-state index in [1.54, 1.807) is 0 Å². The fraction of sp³-hybridized carbons (Fsp3) is 0.889.